The van der Waals surface area contributed by atoms with Gasteiger partial charge in [0.05, 0.1) is 18.5 Å². The first kappa shape index (κ1) is 14.1. The largest absolute Gasteiger partial charge is 0.495 e. The van der Waals surface area contributed by atoms with E-state index in [9.17, 15) is 0 Å². The van der Waals surface area contributed by atoms with Crippen molar-refractivity contribution in [1.82, 2.24) is 15.3 Å². The minimum absolute atomic E-state index is 0.271. The van der Waals surface area contributed by atoms with E-state index < -0.39 is 0 Å². The molecule has 0 atom stereocenters. The molecule has 0 radical (unpaired) electrons. The molecular weight excluding hydrogens is 288 g/mol. The van der Waals surface area contributed by atoms with Crippen LogP contribution in [0.1, 0.15) is 11.3 Å². The molecule has 110 valence electrons. The van der Waals surface area contributed by atoms with E-state index in [1.165, 1.54) is 0 Å². The molecule has 0 unspecified atom stereocenters. The lowest BCUT2D eigenvalue weighted by atomic mass is 10.1. The van der Waals surface area contributed by atoms with E-state index in [-0.39, 0.29) is 5.28 Å². The van der Waals surface area contributed by atoms with Crippen molar-refractivity contribution in [2.24, 2.45) is 0 Å². The van der Waals surface area contributed by atoms with Gasteiger partial charge in [-0.05, 0) is 36.7 Å². The second-order valence-corrected chi connectivity index (χ2v) is 5.18. The first-order valence-corrected chi connectivity index (χ1v) is 7.32. The Morgan fingerprint density at radius 3 is 2.86 bits per heavy atom. The summed E-state index contributed by atoms with van der Waals surface area (Å²) in [5, 5.41) is 6.97. The second kappa shape index (κ2) is 6.28. The number of para-hydroxylation sites is 2. The molecule has 0 amide bonds. The summed E-state index contributed by atoms with van der Waals surface area (Å²) in [7, 11) is 1.65. The van der Waals surface area contributed by atoms with E-state index in [1.807, 2.05) is 24.3 Å². The monoisotopic (exact) mass is 304 g/mol. The van der Waals surface area contributed by atoms with Crippen LogP contribution in [-0.4, -0.2) is 30.2 Å². The van der Waals surface area contributed by atoms with Crippen LogP contribution in [0.25, 0.3) is 0 Å². The summed E-state index contributed by atoms with van der Waals surface area (Å²) in [5.74, 6) is 1.53. The predicted octanol–water partition coefficient (Wildman–Crippen LogP) is 2.57. The summed E-state index contributed by atoms with van der Waals surface area (Å²) in [6.07, 6.45) is 1.74. The summed E-state index contributed by atoms with van der Waals surface area (Å²) in [4.78, 5) is 8.72. The molecule has 6 heteroatoms. The highest BCUT2D eigenvalue weighted by Gasteiger charge is 2.17. The minimum atomic E-state index is 0.271. The molecule has 1 aromatic carbocycles. The number of nitrogens with zero attached hydrogens (tertiary/aromatic N) is 2. The van der Waals surface area contributed by atoms with Gasteiger partial charge >= 0.3 is 0 Å². The molecule has 0 saturated heterocycles. The van der Waals surface area contributed by atoms with Gasteiger partial charge in [-0.2, -0.15) is 0 Å². The molecule has 0 aliphatic carbocycles. The van der Waals surface area contributed by atoms with Crippen LogP contribution < -0.4 is 15.4 Å². The van der Waals surface area contributed by atoms with Gasteiger partial charge in [-0.3, -0.25) is 0 Å². The Bertz CT molecular complexity index is 648. The van der Waals surface area contributed by atoms with Crippen molar-refractivity contribution in [3.05, 3.63) is 40.8 Å². The number of hydrogen-bond donors (Lipinski definition) is 2. The third kappa shape index (κ3) is 3.09. The van der Waals surface area contributed by atoms with Crippen LogP contribution in [-0.2, 0) is 12.8 Å². The third-order valence-electron chi connectivity index (χ3n) is 3.52. The number of halogens is 1. The van der Waals surface area contributed by atoms with Gasteiger partial charge in [0.25, 0.3) is 0 Å². The van der Waals surface area contributed by atoms with Crippen LogP contribution in [0.2, 0.25) is 5.28 Å². The van der Waals surface area contributed by atoms with Gasteiger partial charge in [-0.1, -0.05) is 12.1 Å². The summed E-state index contributed by atoms with van der Waals surface area (Å²) in [6, 6.07) is 7.75. The summed E-state index contributed by atoms with van der Waals surface area (Å²) in [5.41, 5.74) is 3.00. The van der Waals surface area contributed by atoms with Gasteiger partial charge in [0.15, 0.2) is 0 Å². The quantitative estimate of drug-likeness (QED) is 0.854. The number of ether oxygens (including phenoxy) is 1. The van der Waals surface area contributed by atoms with Gasteiger partial charge in [-0.25, -0.2) is 9.97 Å². The van der Waals surface area contributed by atoms with Gasteiger partial charge in [0, 0.05) is 18.5 Å². The Morgan fingerprint density at radius 1 is 1.19 bits per heavy atom. The van der Waals surface area contributed by atoms with E-state index in [4.69, 9.17) is 16.3 Å². The molecule has 1 aliphatic heterocycles. The van der Waals surface area contributed by atoms with Crippen LogP contribution in [0.15, 0.2) is 24.3 Å². The molecule has 3 rings (SSSR count). The fourth-order valence-corrected chi connectivity index (χ4v) is 2.68. The number of hydrogen-bond acceptors (Lipinski definition) is 5. The fourth-order valence-electron chi connectivity index (χ4n) is 2.49. The first-order valence-electron chi connectivity index (χ1n) is 6.94. The van der Waals surface area contributed by atoms with E-state index in [0.29, 0.717) is 0 Å². The molecule has 21 heavy (non-hydrogen) atoms. The molecule has 1 aliphatic rings. The molecule has 0 bridgehead atoms. The number of methoxy groups -OCH3 is 1. The van der Waals surface area contributed by atoms with E-state index in [2.05, 4.69) is 20.6 Å². The SMILES string of the molecule is COc1ccccc1Nc1nc(Cl)nc2c1CCNCC2. The zero-order valence-corrected chi connectivity index (χ0v) is 12.6. The van der Waals surface area contributed by atoms with Crippen molar-refractivity contribution in [3.63, 3.8) is 0 Å². The van der Waals surface area contributed by atoms with Crippen LogP contribution in [0.4, 0.5) is 11.5 Å². The maximum Gasteiger partial charge on any atom is 0.224 e. The van der Waals surface area contributed by atoms with Gasteiger partial charge < -0.3 is 15.4 Å². The van der Waals surface area contributed by atoms with Crippen LogP contribution in [0.3, 0.4) is 0 Å². The highest BCUT2D eigenvalue weighted by atomic mass is 35.5. The van der Waals surface area contributed by atoms with Crippen molar-refractivity contribution in [2.45, 2.75) is 12.8 Å². The van der Waals surface area contributed by atoms with E-state index in [0.717, 1.165) is 54.4 Å². The Balaban J connectivity index is 2.00. The smallest absolute Gasteiger partial charge is 0.224 e. The Hall–Kier alpha value is -1.85. The topological polar surface area (TPSA) is 59.1 Å². The number of aromatic nitrogens is 2. The van der Waals surface area contributed by atoms with Gasteiger partial charge in [0.1, 0.15) is 11.6 Å². The highest BCUT2D eigenvalue weighted by Crippen LogP contribution is 2.29. The molecule has 0 fully saturated rings. The number of benzene rings is 1. The Kier molecular flexibility index (Phi) is 4.22. The highest BCUT2D eigenvalue weighted by molar-refractivity contribution is 6.28. The average molecular weight is 305 g/mol. The minimum Gasteiger partial charge on any atom is -0.495 e. The summed E-state index contributed by atoms with van der Waals surface area (Å²) in [6.45, 7) is 1.83. The van der Waals surface area contributed by atoms with Crippen molar-refractivity contribution < 1.29 is 4.74 Å². The molecule has 0 spiro atoms. The van der Waals surface area contributed by atoms with Crippen LogP contribution in [0, 0.1) is 0 Å². The average Bonchev–Trinajstić information content (AvgIpc) is 2.73. The zero-order chi connectivity index (χ0) is 14.7. The van der Waals surface area contributed by atoms with Crippen LogP contribution >= 0.6 is 11.6 Å². The predicted molar refractivity (Wildman–Crippen MR) is 83.6 cm³/mol. The number of anilines is 2. The zero-order valence-electron chi connectivity index (χ0n) is 11.8. The molecule has 2 N–H and O–H groups in total. The fraction of sp³-hybridized carbons (Fsp3) is 0.333. The molecule has 2 aromatic rings. The van der Waals surface area contributed by atoms with Crippen molar-refractivity contribution >= 4 is 23.1 Å². The van der Waals surface area contributed by atoms with Crippen molar-refractivity contribution in [2.75, 3.05) is 25.5 Å². The lowest BCUT2D eigenvalue weighted by Crippen LogP contribution is -2.16. The summed E-state index contributed by atoms with van der Waals surface area (Å²) >= 11 is 6.06. The Labute approximate surface area is 128 Å². The van der Waals surface area contributed by atoms with Crippen molar-refractivity contribution in [3.8, 4) is 5.75 Å². The first-order chi connectivity index (χ1) is 10.3. The molecular formula is C15H17ClN4O. The van der Waals surface area contributed by atoms with Gasteiger partial charge in [-0.15, -0.1) is 0 Å². The second-order valence-electron chi connectivity index (χ2n) is 4.84. The maximum atomic E-state index is 6.06. The maximum absolute atomic E-state index is 6.06. The molecule has 2 heterocycles. The van der Waals surface area contributed by atoms with E-state index in [1.54, 1.807) is 7.11 Å². The number of fused-ring (bicyclic) bond motifs is 1. The van der Waals surface area contributed by atoms with Crippen molar-refractivity contribution in [1.29, 1.82) is 0 Å². The Morgan fingerprint density at radius 2 is 2.00 bits per heavy atom. The normalized spacial score (nSPS) is 14.2. The van der Waals surface area contributed by atoms with E-state index >= 15 is 0 Å². The lowest BCUT2D eigenvalue weighted by Gasteiger charge is -2.15. The molecule has 0 saturated carbocycles. The number of rotatable bonds is 3. The summed E-state index contributed by atoms with van der Waals surface area (Å²) < 4.78 is 5.37. The molecule has 1 aromatic heterocycles. The van der Waals surface area contributed by atoms with Crippen LogP contribution in [0.5, 0.6) is 5.75 Å². The third-order valence-corrected chi connectivity index (χ3v) is 3.68. The lowest BCUT2D eigenvalue weighted by molar-refractivity contribution is 0.417. The van der Waals surface area contributed by atoms with Gasteiger partial charge in [0.2, 0.25) is 5.28 Å². The molecule has 5 nitrogen and oxygen atoms in total. The number of nitrogens with one attached hydrogen (secondary N) is 2. The standard InChI is InChI=1S/C15H17ClN4O/c1-21-13-5-3-2-4-12(13)18-14-10-6-8-17-9-7-11(10)19-15(16)20-14/h2-5,17H,6-9H2,1H3,(H,18,19,20).